The monoisotopic (exact) mass is 272 g/mol. The zero-order valence-corrected chi connectivity index (χ0v) is 12.0. The van der Waals surface area contributed by atoms with Crippen LogP contribution in [0, 0.1) is 0 Å². The fraction of sp³-hybridized carbons (Fsp3) is 1.00. The number of hydrogen-bond acceptors (Lipinski definition) is 4. The van der Waals surface area contributed by atoms with Gasteiger partial charge in [0.1, 0.15) is 0 Å². The van der Waals surface area contributed by atoms with E-state index < -0.39 is 9.05 Å². The van der Waals surface area contributed by atoms with Crippen molar-refractivity contribution in [2.24, 2.45) is 0 Å². The molecule has 0 aliphatic rings. The van der Waals surface area contributed by atoms with Crippen molar-refractivity contribution in [3.8, 4) is 0 Å². The maximum atomic E-state index is 8.59. The molecule has 0 aromatic heterocycles. The van der Waals surface area contributed by atoms with Crippen LogP contribution in [0.4, 0.5) is 0 Å². The Morgan fingerprint density at radius 1 is 0.722 bits per heavy atom. The Kier molecular flexibility index (Phi) is 16.4. The molecule has 18 heavy (non-hydrogen) atoms. The molecule has 6 heteroatoms. The van der Waals surface area contributed by atoms with Crippen LogP contribution in [0.2, 0.25) is 0 Å². The van der Waals surface area contributed by atoms with E-state index in [4.69, 9.17) is 14.4 Å². The summed E-state index contributed by atoms with van der Waals surface area (Å²) in [6.07, 6.45) is 12.2. The van der Waals surface area contributed by atoms with E-state index >= 15 is 0 Å². The van der Waals surface area contributed by atoms with Gasteiger partial charge in [-0.2, -0.15) is 0 Å². The second-order valence-corrected chi connectivity index (χ2v) is 6.04. The fourth-order valence-electron chi connectivity index (χ4n) is 1.80. The van der Waals surface area contributed by atoms with Gasteiger partial charge in [-0.1, -0.05) is 64.7 Å². The molecule has 0 spiro atoms. The van der Waals surface area contributed by atoms with Crippen LogP contribution in [0.25, 0.3) is 0 Å². The first-order valence-corrected chi connectivity index (χ1v) is 8.62. The van der Waals surface area contributed by atoms with Crippen molar-refractivity contribution >= 4 is 27.9 Å². The quantitative estimate of drug-likeness (QED) is 0.373. The third-order valence-electron chi connectivity index (χ3n) is 2.79. The minimum absolute atomic E-state index is 0. The molecule has 0 aliphatic heterocycles. The molecule has 106 valence electrons. The van der Waals surface area contributed by atoms with Gasteiger partial charge in [0, 0.05) is 6.61 Å². The van der Waals surface area contributed by atoms with Crippen LogP contribution in [-0.2, 0) is 4.43 Å². The van der Waals surface area contributed by atoms with E-state index in [-0.39, 0.29) is 25.5 Å². The third-order valence-corrected chi connectivity index (χ3v) is 3.39. The van der Waals surface area contributed by atoms with E-state index in [0.29, 0.717) is 0 Å². The topological polar surface area (TPSA) is 69.9 Å². The number of rotatable bonds is 12. The van der Waals surface area contributed by atoms with Crippen LogP contribution in [-0.4, -0.2) is 48.9 Å². The Morgan fingerprint density at radius 2 is 1.11 bits per heavy atom. The Bertz CT molecular complexity index is 165. The van der Waals surface area contributed by atoms with Crippen LogP contribution in [0.5, 0.6) is 0 Å². The van der Waals surface area contributed by atoms with E-state index in [9.17, 15) is 0 Å². The van der Waals surface area contributed by atoms with Gasteiger partial charge < -0.3 is 18.8 Å². The summed E-state index contributed by atoms with van der Waals surface area (Å²) < 4.78 is 4.51. The van der Waals surface area contributed by atoms with Gasteiger partial charge in [0.2, 0.25) is 0 Å². The van der Waals surface area contributed by atoms with Gasteiger partial charge in [-0.25, -0.2) is 0 Å². The summed E-state index contributed by atoms with van der Waals surface area (Å²) in [7, 11) is -4.25. The summed E-state index contributed by atoms with van der Waals surface area (Å²) in [5, 5.41) is 0. The van der Waals surface area contributed by atoms with Crippen LogP contribution < -0.4 is 0 Å². The molecule has 0 saturated carbocycles. The normalized spacial score (nSPS) is 11.3. The Hall–Kier alpha value is 0.654. The van der Waals surface area contributed by atoms with Crippen molar-refractivity contribution in [3.63, 3.8) is 0 Å². The van der Waals surface area contributed by atoms with Crippen molar-refractivity contribution in [3.05, 3.63) is 0 Å². The molecule has 3 N–H and O–H groups in total. The molecule has 0 aromatic rings. The molecule has 0 amide bonds. The summed E-state index contributed by atoms with van der Waals surface area (Å²) in [5.41, 5.74) is 0. The average molecular weight is 272 g/mol. The number of hydrogen-bond donors (Lipinski definition) is 3. The maximum absolute atomic E-state index is 8.59. The molecule has 0 heterocycles. The van der Waals surface area contributed by atoms with Crippen LogP contribution in [0.1, 0.15) is 71.1 Å². The minimum atomic E-state index is -4.25. The van der Waals surface area contributed by atoms with E-state index in [0.717, 1.165) is 19.3 Å². The summed E-state index contributed by atoms with van der Waals surface area (Å²) in [6, 6.07) is 0. The van der Waals surface area contributed by atoms with Crippen LogP contribution in [0.15, 0.2) is 0 Å². The fourth-order valence-corrected chi connectivity index (χ4v) is 2.22. The molecular formula is C12H29LiO4Si. The predicted molar refractivity (Wildman–Crippen MR) is 77.4 cm³/mol. The summed E-state index contributed by atoms with van der Waals surface area (Å²) in [5.74, 6) is 0. The molecule has 4 nitrogen and oxygen atoms in total. The summed E-state index contributed by atoms with van der Waals surface area (Å²) in [6.45, 7) is 2.47. The zero-order valence-electron chi connectivity index (χ0n) is 11.0. The van der Waals surface area contributed by atoms with Crippen molar-refractivity contribution in [2.45, 2.75) is 71.1 Å². The molecule has 0 saturated heterocycles. The Morgan fingerprint density at radius 3 is 1.50 bits per heavy atom. The predicted octanol–water partition coefficient (Wildman–Crippen LogP) is 1.69. The van der Waals surface area contributed by atoms with Gasteiger partial charge in [0.15, 0.2) is 0 Å². The number of unbranched alkanes of at least 4 members (excludes halogenated alkanes) is 9. The molecule has 0 radical (unpaired) electrons. The van der Waals surface area contributed by atoms with Gasteiger partial charge in [0.05, 0.1) is 0 Å². The first-order chi connectivity index (χ1) is 8.06. The van der Waals surface area contributed by atoms with E-state index in [1.807, 2.05) is 0 Å². The first-order valence-electron chi connectivity index (χ1n) is 6.87. The van der Waals surface area contributed by atoms with E-state index in [2.05, 4.69) is 11.3 Å². The molecule has 0 unspecified atom stereocenters. The van der Waals surface area contributed by atoms with Gasteiger partial charge >= 0.3 is 27.9 Å². The van der Waals surface area contributed by atoms with Crippen LogP contribution in [0.3, 0.4) is 0 Å². The van der Waals surface area contributed by atoms with E-state index in [1.165, 1.54) is 44.9 Å². The molecule has 0 rings (SSSR count). The molecule has 0 atom stereocenters. The third kappa shape index (κ3) is 19.0. The zero-order chi connectivity index (χ0) is 13.0. The molecule has 0 fully saturated rings. The Labute approximate surface area is 124 Å². The van der Waals surface area contributed by atoms with Crippen molar-refractivity contribution in [1.29, 1.82) is 0 Å². The average Bonchev–Trinajstić information content (AvgIpc) is 2.24. The molecule has 0 aromatic carbocycles. The van der Waals surface area contributed by atoms with Gasteiger partial charge in [-0.3, -0.25) is 0 Å². The summed E-state index contributed by atoms with van der Waals surface area (Å²) >= 11 is 0. The second kappa shape index (κ2) is 14.1. The Balaban J connectivity index is 0. The van der Waals surface area contributed by atoms with Crippen molar-refractivity contribution in [2.75, 3.05) is 6.61 Å². The molecule has 0 bridgehead atoms. The summed E-state index contributed by atoms with van der Waals surface area (Å²) in [4.78, 5) is 25.8. The van der Waals surface area contributed by atoms with Gasteiger partial charge in [-0.05, 0) is 6.42 Å². The SMILES string of the molecule is CCCCCCCCCCCCO[Si](O)(O)O.[LiH]. The van der Waals surface area contributed by atoms with Gasteiger partial charge in [0.25, 0.3) is 0 Å². The van der Waals surface area contributed by atoms with Crippen LogP contribution >= 0.6 is 0 Å². The van der Waals surface area contributed by atoms with Crippen molar-refractivity contribution < 1.29 is 18.8 Å². The first kappa shape index (κ1) is 21.0. The van der Waals surface area contributed by atoms with E-state index in [1.54, 1.807) is 0 Å². The van der Waals surface area contributed by atoms with Crippen molar-refractivity contribution in [1.82, 2.24) is 0 Å². The second-order valence-electron chi connectivity index (χ2n) is 4.60. The standard InChI is InChI=1S/C12H28O4Si.Li.H/c1-2-3-4-5-6-7-8-9-10-11-12-16-17(13,14)15;;/h13-15H,2-12H2,1H3;;. The molecular weight excluding hydrogens is 243 g/mol. The molecule has 0 aliphatic carbocycles. The van der Waals surface area contributed by atoms with Gasteiger partial charge in [-0.15, -0.1) is 0 Å².